The summed E-state index contributed by atoms with van der Waals surface area (Å²) in [6.07, 6.45) is 1.33. The van der Waals surface area contributed by atoms with Gasteiger partial charge in [0.05, 0.1) is 7.11 Å². The van der Waals surface area contributed by atoms with Gasteiger partial charge in [0, 0.05) is 45.3 Å². The molecule has 2 saturated heterocycles. The van der Waals surface area contributed by atoms with Gasteiger partial charge in [0.25, 0.3) is 0 Å². The van der Waals surface area contributed by atoms with Crippen LogP contribution in [0.15, 0.2) is 24.3 Å². The summed E-state index contributed by atoms with van der Waals surface area (Å²) < 4.78 is 5.24. The molecular weight excluding hydrogens is 274 g/mol. The van der Waals surface area contributed by atoms with E-state index in [2.05, 4.69) is 46.3 Å². The van der Waals surface area contributed by atoms with Crippen LogP contribution in [-0.2, 0) is 0 Å². The molecule has 1 N–H and O–H groups in total. The van der Waals surface area contributed by atoms with Crippen molar-refractivity contribution in [1.29, 1.82) is 0 Å². The number of benzene rings is 1. The van der Waals surface area contributed by atoms with Gasteiger partial charge in [-0.25, -0.2) is 0 Å². The minimum Gasteiger partial charge on any atom is -0.497 e. The van der Waals surface area contributed by atoms with Crippen molar-refractivity contribution in [3.8, 4) is 5.75 Å². The maximum atomic E-state index is 5.24. The first-order chi connectivity index (χ1) is 10.8. The molecule has 3 rings (SSSR count). The predicted molar refractivity (Wildman–Crippen MR) is 90.7 cm³/mol. The Balaban J connectivity index is 1.50. The second-order valence-electron chi connectivity index (χ2n) is 6.66. The second-order valence-corrected chi connectivity index (χ2v) is 6.66. The predicted octanol–water partition coefficient (Wildman–Crippen LogP) is 1.78. The van der Waals surface area contributed by atoms with Gasteiger partial charge < -0.3 is 15.0 Å². The first-order valence-corrected chi connectivity index (χ1v) is 8.57. The number of likely N-dealkylation sites (tertiary alicyclic amines) is 1. The lowest BCUT2D eigenvalue weighted by molar-refractivity contribution is 0.170. The van der Waals surface area contributed by atoms with Crippen LogP contribution in [0.5, 0.6) is 5.75 Å². The third-order valence-electron chi connectivity index (χ3n) is 5.13. The molecule has 2 unspecified atom stereocenters. The van der Waals surface area contributed by atoms with Crippen LogP contribution in [0.25, 0.3) is 0 Å². The monoisotopic (exact) mass is 303 g/mol. The van der Waals surface area contributed by atoms with Gasteiger partial charge in [-0.15, -0.1) is 0 Å². The lowest BCUT2D eigenvalue weighted by atomic mass is 10.0. The number of hydrogen-bond acceptors (Lipinski definition) is 4. The molecule has 1 aromatic carbocycles. The summed E-state index contributed by atoms with van der Waals surface area (Å²) in [5.41, 5.74) is 1.41. The van der Waals surface area contributed by atoms with E-state index in [9.17, 15) is 0 Å². The van der Waals surface area contributed by atoms with Crippen LogP contribution in [-0.4, -0.2) is 68.8 Å². The van der Waals surface area contributed by atoms with Crippen molar-refractivity contribution in [2.45, 2.75) is 25.3 Å². The van der Waals surface area contributed by atoms with E-state index in [1.807, 2.05) is 0 Å². The van der Waals surface area contributed by atoms with Crippen molar-refractivity contribution in [3.63, 3.8) is 0 Å². The van der Waals surface area contributed by atoms with Gasteiger partial charge in [-0.3, -0.25) is 4.90 Å². The second kappa shape index (κ2) is 7.44. The van der Waals surface area contributed by atoms with Crippen LogP contribution in [0.3, 0.4) is 0 Å². The molecule has 0 bridgehead atoms. The molecule has 0 amide bonds. The summed E-state index contributed by atoms with van der Waals surface area (Å²) >= 11 is 0. The molecular formula is C18H29N3O. The zero-order chi connectivity index (χ0) is 15.4. The minimum absolute atomic E-state index is 0.577. The van der Waals surface area contributed by atoms with Crippen LogP contribution >= 0.6 is 0 Å². The molecule has 22 heavy (non-hydrogen) atoms. The van der Waals surface area contributed by atoms with Crippen molar-refractivity contribution in [1.82, 2.24) is 15.1 Å². The number of piperazine rings is 1. The number of methoxy groups -OCH3 is 1. The average Bonchev–Trinajstić information content (AvgIpc) is 3.04. The molecule has 0 saturated carbocycles. The Labute approximate surface area is 134 Å². The van der Waals surface area contributed by atoms with E-state index in [-0.39, 0.29) is 0 Å². The number of hydrogen-bond donors (Lipinski definition) is 1. The summed E-state index contributed by atoms with van der Waals surface area (Å²) in [6.45, 7) is 10.7. The molecule has 2 atom stereocenters. The number of nitrogens with zero attached hydrogens (tertiary/aromatic N) is 2. The van der Waals surface area contributed by atoms with Crippen LogP contribution in [0.4, 0.5) is 0 Å². The van der Waals surface area contributed by atoms with Crippen molar-refractivity contribution in [3.05, 3.63) is 29.8 Å². The van der Waals surface area contributed by atoms with Crippen molar-refractivity contribution < 1.29 is 4.74 Å². The molecule has 4 heteroatoms. The van der Waals surface area contributed by atoms with Gasteiger partial charge in [-0.1, -0.05) is 19.1 Å². The highest BCUT2D eigenvalue weighted by atomic mass is 16.5. The van der Waals surface area contributed by atoms with E-state index < -0.39 is 0 Å². The molecule has 2 aliphatic rings. The summed E-state index contributed by atoms with van der Waals surface area (Å²) in [7, 11) is 1.72. The zero-order valence-electron chi connectivity index (χ0n) is 13.9. The van der Waals surface area contributed by atoms with Crippen molar-refractivity contribution >= 4 is 0 Å². The van der Waals surface area contributed by atoms with Gasteiger partial charge in [0.1, 0.15) is 5.75 Å². The number of rotatable bonds is 5. The normalized spacial score (nSPS) is 25.3. The molecule has 122 valence electrons. The smallest absolute Gasteiger partial charge is 0.118 e. The van der Waals surface area contributed by atoms with Crippen molar-refractivity contribution in [2.75, 3.05) is 52.9 Å². The van der Waals surface area contributed by atoms with Gasteiger partial charge in [0.2, 0.25) is 0 Å². The summed E-state index contributed by atoms with van der Waals surface area (Å²) in [5, 5.41) is 3.45. The Bertz CT molecular complexity index is 456. The van der Waals surface area contributed by atoms with Gasteiger partial charge in [-0.05, 0) is 36.6 Å². The highest BCUT2D eigenvalue weighted by Gasteiger charge is 2.29. The molecule has 2 aliphatic heterocycles. The summed E-state index contributed by atoms with van der Waals surface area (Å²) in [4.78, 5) is 5.32. The minimum atomic E-state index is 0.577. The molecule has 4 nitrogen and oxygen atoms in total. The van der Waals surface area contributed by atoms with E-state index in [0.29, 0.717) is 5.92 Å². The van der Waals surface area contributed by atoms with Crippen LogP contribution in [0.2, 0.25) is 0 Å². The maximum absolute atomic E-state index is 5.24. The highest BCUT2D eigenvalue weighted by Crippen LogP contribution is 2.23. The Morgan fingerprint density at radius 1 is 1.18 bits per heavy atom. The number of ether oxygens (including phenoxy) is 1. The Morgan fingerprint density at radius 3 is 2.59 bits per heavy atom. The zero-order valence-corrected chi connectivity index (χ0v) is 13.9. The largest absolute Gasteiger partial charge is 0.497 e. The Hall–Kier alpha value is -1.10. The first-order valence-electron chi connectivity index (χ1n) is 8.57. The fourth-order valence-corrected chi connectivity index (χ4v) is 3.75. The summed E-state index contributed by atoms with van der Waals surface area (Å²) in [6, 6.07) is 9.31. The van der Waals surface area contributed by atoms with Crippen LogP contribution in [0, 0.1) is 0 Å². The van der Waals surface area contributed by atoms with E-state index in [0.717, 1.165) is 31.4 Å². The maximum Gasteiger partial charge on any atom is 0.118 e. The van der Waals surface area contributed by atoms with Crippen molar-refractivity contribution in [2.24, 2.45) is 0 Å². The lowest BCUT2D eigenvalue weighted by Crippen LogP contribution is -2.49. The highest BCUT2D eigenvalue weighted by molar-refractivity contribution is 5.29. The quantitative estimate of drug-likeness (QED) is 0.897. The fourth-order valence-electron chi connectivity index (χ4n) is 3.75. The Kier molecular flexibility index (Phi) is 5.34. The van der Waals surface area contributed by atoms with E-state index >= 15 is 0 Å². The molecule has 0 aliphatic carbocycles. The third kappa shape index (κ3) is 3.80. The third-order valence-corrected chi connectivity index (χ3v) is 5.13. The van der Waals surface area contributed by atoms with E-state index in [1.54, 1.807) is 7.11 Å². The molecule has 2 fully saturated rings. The fraction of sp³-hybridized carbons (Fsp3) is 0.667. The average molecular weight is 303 g/mol. The van der Waals surface area contributed by atoms with Crippen LogP contribution in [0.1, 0.15) is 24.8 Å². The molecule has 0 radical (unpaired) electrons. The van der Waals surface area contributed by atoms with E-state index in [4.69, 9.17) is 4.74 Å². The Morgan fingerprint density at radius 2 is 1.91 bits per heavy atom. The molecule has 0 spiro atoms. The lowest BCUT2D eigenvalue weighted by Gasteiger charge is -2.33. The molecule has 2 heterocycles. The molecule has 1 aromatic rings. The number of nitrogens with one attached hydrogen (secondary N) is 1. The van der Waals surface area contributed by atoms with Gasteiger partial charge in [0.15, 0.2) is 0 Å². The van der Waals surface area contributed by atoms with Crippen LogP contribution < -0.4 is 10.1 Å². The van der Waals surface area contributed by atoms with Gasteiger partial charge >= 0.3 is 0 Å². The SMILES string of the molecule is COc1ccc(C(C)CN2CCC(N3CCNCC3)C2)cc1. The standard InChI is InChI=1S/C18H29N3O/c1-15(16-3-5-18(22-2)6-4-16)13-20-10-7-17(14-20)21-11-8-19-9-12-21/h3-6,15,17,19H,7-14H2,1-2H3. The first kappa shape index (κ1) is 15.8. The van der Waals surface area contributed by atoms with E-state index in [1.165, 1.54) is 38.2 Å². The molecule has 0 aromatic heterocycles. The van der Waals surface area contributed by atoms with Gasteiger partial charge in [-0.2, -0.15) is 0 Å². The summed E-state index contributed by atoms with van der Waals surface area (Å²) in [5.74, 6) is 1.52. The topological polar surface area (TPSA) is 27.7 Å².